The molecule has 0 bridgehead atoms. The van der Waals surface area contributed by atoms with Gasteiger partial charge >= 0.3 is 4.87 Å². The summed E-state index contributed by atoms with van der Waals surface area (Å²) in [5.74, 6) is 0.0477. The average Bonchev–Trinajstić information content (AvgIpc) is 2.82. The van der Waals surface area contributed by atoms with E-state index in [9.17, 15) is 9.59 Å². The van der Waals surface area contributed by atoms with Gasteiger partial charge in [0.25, 0.3) is 0 Å². The van der Waals surface area contributed by atoms with Crippen LogP contribution in [0.3, 0.4) is 0 Å². The molecule has 1 amide bonds. The van der Waals surface area contributed by atoms with E-state index in [4.69, 9.17) is 5.73 Å². The third kappa shape index (κ3) is 4.79. The van der Waals surface area contributed by atoms with E-state index in [1.54, 1.807) is 9.47 Å². The first-order chi connectivity index (χ1) is 11.5. The molecule has 0 aliphatic carbocycles. The monoisotopic (exact) mass is 347 g/mol. The van der Waals surface area contributed by atoms with Crippen molar-refractivity contribution in [3.63, 3.8) is 0 Å². The molecule has 0 saturated heterocycles. The number of carbonyl (C=O) groups excluding carboxylic acids is 1. The Kier molecular flexibility index (Phi) is 6.75. The summed E-state index contributed by atoms with van der Waals surface area (Å²) in [5.41, 5.74) is 7.80. The van der Waals surface area contributed by atoms with Gasteiger partial charge in [0, 0.05) is 43.2 Å². The summed E-state index contributed by atoms with van der Waals surface area (Å²) >= 11 is 1.24. The lowest BCUT2D eigenvalue weighted by Gasteiger charge is -2.22. The molecule has 0 fully saturated rings. The van der Waals surface area contributed by atoms with Crippen molar-refractivity contribution in [2.75, 3.05) is 19.6 Å². The molecule has 24 heavy (non-hydrogen) atoms. The van der Waals surface area contributed by atoms with Gasteiger partial charge in [-0.3, -0.25) is 9.59 Å². The lowest BCUT2D eigenvalue weighted by molar-refractivity contribution is -0.131. The third-order valence-electron chi connectivity index (χ3n) is 4.19. The number of rotatable bonds is 8. The van der Waals surface area contributed by atoms with Gasteiger partial charge in [0.15, 0.2) is 0 Å². The summed E-state index contributed by atoms with van der Waals surface area (Å²) in [6.07, 6.45) is 1.13. The fourth-order valence-corrected chi connectivity index (χ4v) is 3.50. The van der Waals surface area contributed by atoms with E-state index in [-0.39, 0.29) is 10.8 Å². The minimum absolute atomic E-state index is 0.00691. The number of aryl methyl sites for hydroxylation is 1. The van der Waals surface area contributed by atoms with Gasteiger partial charge in [-0.2, -0.15) is 0 Å². The van der Waals surface area contributed by atoms with E-state index < -0.39 is 0 Å². The fourth-order valence-electron chi connectivity index (χ4n) is 2.64. The van der Waals surface area contributed by atoms with Gasteiger partial charge in [-0.1, -0.05) is 41.7 Å². The van der Waals surface area contributed by atoms with Crippen LogP contribution in [-0.4, -0.2) is 35.0 Å². The van der Waals surface area contributed by atoms with Crippen LogP contribution in [0.1, 0.15) is 22.6 Å². The summed E-state index contributed by atoms with van der Waals surface area (Å²) in [5, 5.41) is 0. The Balaban J connectivity index is 1.94. The van der Waals surface area contributed by atoms with E-state index in [0.29, 0.717) is 32.6 Å². The first-order valence-corrected chi connectivity index (χ1v) is 9.03. The van der Waals surface area contributed by atoms with Crippen molar-refractivity contribution in [2.24, 2.45) is 5.73 Å². The second-order valence-corrected chi connectivity index (χ2v) is 6.98. The molecule has 0 unspecified atom stereocenters. The highest BCUT2D eigenvalue weighted by atomic mass is 32.1. The van der Waals surface area contributed by atoms with E-state index in [0.717, 1.165) is 17.0 Å². The van der Waals surface area contributed by atoms with E-state index in [1.165, 1.54) is 16.9 Å². The second kappa shape index (κ2) is 8.80. The highest BCUT2D eigenvalue weighted by Crippen LogP contribution is 2.10. The van der Waals surface area contributed by atoms with Crippen molar-refractivity contribution in [2.45, 2.75) is 33.2 Å². The zero-order chi connectivity index (χ0) is 17.5. The highest BCUT2D eigenvalue weighted by molar-refractivity contribution is 7.09. The smallest absolute Gasteiger partial charge is 0.307 e. The van der Waals surface area contributed by atoms with Crippen molar-refractivity contribution in [1.29, 1.82) is 0 Å². The highest BCUT2D eigenvalue weighted by Gasteiger charge is 2.15. The predicted molar refractivity (Wildman–Crippen MR) is 98.5 cm³/mol. The Labute approximate surface area is 146 Å². The van der Waals surface area contributed by atoms with Crippen molar-refractivity contribution < 1.29 is 4.79 Å². The molecule has 0 aliphatic rings. The van der Waals surface area contributed by atoms with Gasteiger partial charge < -0.3 is 15.2 Å². The summed E-state index contributed by atoms with van der Waals surface area (Å²) in [6, 6.07) is 10.1. The number of carbonyl (C=O) groups is 1. The number of hydrogen-bond donors (Lipinski definition) is 1. The Morgan fingerprint density at radius 3 is 2.50 bits per heavy atom. The summed E-state index contributed by atoms with van der Waals surface area (Å²) in [4.78, 5) is 27.2. The number of thiazole rings is 1. The van der Waals surface area contributed by atoms with Crippen molar-refractivity contribution >= 4 is 17.2 Å². The Morgan fingerprint density at radius 2 is 1.92 bits per heavy atom. The van der Waals surface area contributed by atoms with Crippen LogP contribution in [0, 0.1) is 13.8 Å². The van der Waals surface area contributed by atoms with Crippen LogP contribution in [0.25, 0.3) is 0 Å². The topological polar surface area (TPSA) is 68.3 Å². The Hall–Kier alpha value is -1.92. The first-order valence-electron chi connectivity index (χ1n) is 8.21. The summed E-state index contributed by atoms with van der Waals surface area (Å²) in [6.45, 7) is 5.92. The van der Waals surface area contributed by atoms with Gasteiger partial charge in [0.05, 0.1) is 0 Å². The van der Waals surface area contributed by atoms with E-state index >= 15 is 0 Å². The SMILES string of the molecule is Cc1sc(=O)n(CCC(=O)N(CCN)CCc2ccccc2)c1C. The molecule has 0 radical (unpaired) electrons. The third-order valence-corrected chi connectivity index (χ3v) is 5.19. The molecule has 0 aliphatic heterocycles. The van der Waals surface area contributed by atoms with Crippen LogP contribution in [0.15, 0.2) is 35.1 Å². The van der Waals surface area contributed by atoms with Crippen LogP contribution in [0.5, 0.6) is 0 Å². The lowest BCUT2D eigenvalue weighted by atomic mass is 10.1. The van der Waals surface area contributed by atoms with E-state index in [1.807, 2.05) is 32.0 Å². The van der Waals surface area contributed by atoms with Crippen molar-refractivity contribution in [3.05, 3.63) is 56.1 Å². The molecule has 130 valence electrons. The zero-order valence-corrected chi connectivity index (χ0v) is 15.1. The molecule has 0 saturated carbocycles. The van der Waals surface area contributed by atoms with Crippen molar-refractivity contribution in [3.8, 4) is 0 Å². The lowest BCUT2D eigenvalue weighted by Crippen LogP contribution is -2.37. The van der Waals surface area contributed by atoms with Gasteiger partial charge in [-0.05, 0) is 25.8 Å². The van der Waals surface area contributed by atoms with Crippen LogP contribution in [0.2, 0.25) is 0 Å². The summed E-state index contributed by atoms with van der Waals surface area (Å²) in [7, 11) is 0. The molecule has 1 heterocycles. The number of amides is 1. The Morgan fingerprint density at radius 1 is 1.21 bits per heavy atom. The van der Waals surface area contributed by atoms with Crippen LogP contribution in [0.4, 0.5) is 0 Å². The number of nitrogens with two attached hydrogens (primary N) is 1. The molecule has 2 aromatic rings. The minimum atomic E-state index is 0.00691. The molecule has 2 rings (SSSR count). The minimum Gasteiger partial charge on any atom is -0.341 e. The summed E-state index contributed by atoms with van der Waals surface area (Å²) < 4.78 is 1.69. The molecular formula is C18H25N3O2S. The zero-order valence-electron chi connectivity index (χ0n) is 14.3. The molecule has 0 spiro atoms. The molecule has 0 atom stereocenters. The number of aromatic nitrogens is 1. The maximum absolute atomic E-state index is 12.5. The molecule has 5 nitrogen and oxygen atoms in total. The fraction of sp³-hybridized carbons (Fsp3) is 0.444. The molecular weight excluding hydrogens is 322 g/mol. The maximum Gasteiger partial charge on any atom is 0.307 e. The number of benzene rings is 1. The predicted octanol–water partition coefficient (Wildman–Crippen LogP) is 1.95. The van der Waals surface area contributed by atoms with Gasteiger partial charge in [0.2, 0.25) is 5.91 Å². The van der Waals surface area contributed by atoms with Gasteiger partial charge in [0.1, 0.15) is 0 Å². The first kappa shape index (κ1) is 18.4. The van der Waals surface area contributed by atoms with Crippen LogP contribution >= 0.6 is 11.3 Å². The number of hydrogen-bond acceptors (Lipinski definition) is 4. The van der Waals surface area contributed by atoms with Gasteiger partial charge in [-0.15, -0.1) is 0 Å². The quantitative estimate of drug-likeness (QED) is 0.793. The van der Waals surface area contributed by atoms with Crippen LogP contribution < -0.4 is 10.6 Å². The number of nitrogens with zero attached hydrogens (tertiary/aromatic N) is 2. The van der Waals surface area contributed by atoms with Crippen LogP contribution in [-0.2, 0) is 17.8 Å². The van der Waals surface area contributed by atoms with Crippen molar-refractivity contribution in [1.82, 2.24) is 9.47 Å². The van der Waals surface area contributed by atoms with Gasteiger partial charge in [-0.25, -0.2) is 0 Å². The molecule has 2 N–H and O–H groups in total. The largest absolute Gasteiger partial charge is 0.341 e. The molecule has 6 heteroatoms. The maximum atomic E-state index is 12.5. The normalized spacial score (nSPS) is 10.8. The molecule has 1 aromatic heterocycles. The second-order valence-electron chi connectivity index (χ2n) is 5.82. The standard InChI is InChI=1S/C18H25N3O2S/c1-14-15(2)24-18(23)21(14)12-9-17(22)20(13-10-19)11-8-16-6-4-3-5-7-16/h3-7H,8-13,19H2,1-2H3. The molecule has 1 aromatic carbocycles. The van der Waals surface area contributed by atoms with E-state index in [2.05, 4.69) is 12.1 Å². The Bertz CT molecular complexity index is 722. The average molecular weight is 347 g/mol.